The molecule has 0 saturated carbocycles. The Balaban J connectivity index is 2.22. The van der Waals surface area contributed by atoms with Crippen LogP contribution in [0.15, 0.2) is 30.3 Å². The van der Waals surface area contributed by atoms with Crippen LogP contribution < -0.4 is 0 Å². The quantitative estimate of drug-likeness (QED) is 0.0402. The van der Waals surface area contributed by atoms with Crippen molar-refractivity contribution in [1.82, 2.24) is 0 Å². The summed E-state index contributed by atoms with van der Waals surface area (Å²) >= 11 is 0. The van der Waals surface area contributed by atoms with Gasteiger partial charge in [-0.15, -0.1) is 0 Å². The Morgan fingerprint density at radius 2 is 0.776 bits per heavy atom. The topological polar surface area (TPSA) is 78.9 Å². The molecule has 0 unspecified atom stereocenters. The van der Waals surface area contributed by atoms with Crippen molar-refractivity contribution in [3.05, 3.63) is 35.9 Å². The van der Waals surface area contributed by atoms with Crippen molar-refractivity contribution in [1.29, 1.82) is 0 Å². The highest BCUT2D eigenvalue weighted by Crippen LogP contribution is 2.15. The molecule has 1 aromatic carbocycles. The SMILES string of the molecule is CCCCCCCCCCCCCCCC(=O)OCC(COC(=O)CCCCCCCCCCCCCCC)OC(=O)Cc1ccccc1. The second kappa shape index (κ2) is 34.1. The Hall–Kier alpha value is -2.37. The average molecular weight is 687 g/mol. The molecule has 49 heavy (non-hydrogen) atoms. The fourth-order valence-corrected chi connectivity index (χ4v) is 6.20. The molecule has 0 saturated heterocycles. The third kappa shape index (κ3) is 30.2. The minimum Gasteiger partial charge on any atom is -0.462 e. The first-order chi connectivity index (χ1) is 24.0. The van der Waals surface area contributed by atoms with Crippen molar-refractivity contribution < 1.29 is 28.6 Å². The molecule has 0 spiro atoms. The van der Waals surface area contributed by atoms with Gasteiger partial charge in [0.2, 0.25) is 0 Å². The second-order valence-electron chi connectivity index (χ2n) is 14.1. The van der Waals surface area contributed by atoms with E-state index in [9.17, 15) is 14.4 Å². The van der Waals surface area contributed by atoms with Gasteiger partial charge in [-0.25, -0.2) is 0 Å². The van der Waals surface area contributed by atoms with Crippen LogP contribution in [-0.2, 0) is 35.0 Å². The lowest BCUT2D eigenvalue weighted by molar-refractivity contribution is -0.166. The number of rotatable bonds is 35. The maximum absolute atomic E-state index is 12.6. The van der Waals surface area contributed by atoms with E-state index < -0.39 is 12.1 Å². The van der Waals surface area contributed by atoms with E-state index in [1.54, 1.807) is 0 Å². The van der Waals surface area contributed by atoms with Gasteiger partial charge in [-0.1, -0.05) is 198 Å². The van der Waals surface area contributed by atoms with Gasteiger partial charge in [0.25, 0.3) is 0 Å². The number of benzene rings is 1. The zero-order chi connectivity index (χ0) is 35.5. The summed E-state index contributed by atoms with van der Waals surface area (Å²) in [6.45, 7) is 4.30. The molecule has 0 aliphatic rings. The zero-order valence-corrected chi connectivity index (χ0v) is 31.8. The molecule has 1 aromatic rings. The smallest absolute Gasteiger partial charge is 0.310 e. The first kappa shape index (κ1) is 44.7. The van der Waals surface area contributed by atoms with Crippen molar-refractivity contribution >= 4 is 17.9 Å². The number of esters is 3. The van der Waals surface area contributed by atoms with Gasteiger partial charge in [-0.05, 0) is 18.4 Å². The van der Waals surface area contributed by atoms with Gasteiger partial charge in [0.15, 0.2) is 6.10 Å². The predicted octanol–water partition coefficient (Wildman–Crippen LogP) is 12.2. The molecule has 0 radical (unpaired) electrons. The summed E-state index contributed by atoms with van der Waals surface area (Å²) in [6.07, 6.45) is 32.5. The summed E-state index contributed by atoms with van der Waals surface area (Å²) in [6, 6.07) is 9.36. The van der Waals surface area contributed by atoms with E-state index in [2.05, 4.69) is 13.8 Å². The third-order valence-electron chi connectivity index (χ3n) is 9.32. The standard InChI is InChI=1S/C43H74O6/c1-3-5-7-9-11-13-15-17-19-21-23-25-30-34-41(44)47-37-40(49-43(46)36-39-32-28-27-29-33-39)38-48-42(45)35-31-26-24-22-20-18-16-14-12-10-8-6-4-2/h27-29,32-33,40H,3-26,30-31,34-38H2,1-2H3. The molecule has 1 rings (SSSR count). The second-order valence-corrected chi connectivity index (χ2v) is 14.1. The fraction of sp³-hybridized carbons (Fsp3) is 0.791. The van der Waals surface area contributed by atoms with Gasteiger partial charge in [-0.2, -0.15) is 0 Å². The van der Waals surface area contributed by atoms with Crippen LogP contribution in [0.5, 0.6) is 0 Å². The van der Waals surface area contributed by atoms with Crippen LogP contribution in [0.2, 0.25) is 0 Å². The predicted molar refractivity (Wildman–Crippen MR) is 203 cm³/mol. The van der Waals surface area contributed by atoms with Gasteiger partial charge in [0.1, 0.15) is 13.2 Å². The number of hydrogen-bond acceptors (Lipinski definition) is 6. The van der Waals surface area contributed by atoms with Crippen molar-refractivity contribution in [2.75, 3.05) is 13.2 Å². The van der Waals surface area contributed by atoms with Gasteiger partial charge in [-0.3, -0.25) is 14.4 Å². The lowest BCUT2D eigenvalue weighted by atomic mass is 10.0. The van der Waals surface area contributed by atoms with E-state index in [1.807, 2.05) is 30.3 Å². The minimum absolute atomic E-state index is 0.107. The van der Waals surface area contributed by atoms with E-state index in [0.717, 1.165) is 44.1 Å². The van der Waals surface area contributed by atoms with E-state index in [-0.39, 0.29) is 31.6 Å². The number of unbranched alkanes of at least 4 members (excludes halogenated alkanes) is 24. The van der Waals surface area contributed by atoms with Crippen LogP contribution in [0.1, 0.15) is 199 Å². The first-order valence-electron chi connectivity index (χ1n) is 20.6. The lowest BCUT2D eigenvalue weighted by Crippen LogP contribution is -2.31. The average Bonchev–Trinajstić information content (AvgIpc) is 3.10. The van der Waals surface area contributed by atoms with Crippen LogP contribution in [0, 0.1) is 0 Å². The van der Waals surface area contributed by atoms with Crippen molar-refractivity contribution in [2.24, 2.45) is 0 Å². The molecule has 6 heteroatoms. The molecule has 0 aliphatic heterocycles. The van der Waals surface area contributed by atoms with Crippen LogP contribution in [0.4, 0.5) is 0 Å². The Morgan fingerprint density at radius 1 is 0.449 bits per heavy atom. The Morgan fingerprint density at radius 3 is 1.12 bits per heavy atom. The van der Waals surface area contributed by atoms with Gasteiger partial charge >= 0.3 is 17.9 Å². The Kier molecular flexibility index (Phi) is 31.1. The molecular weight excluding hydrogens is 612 g/mol. The van der Waals surface area contributed by atoms with Gasteiger partial charge in [0.05, 0.1) is 6.42 Å². The largest absolute Gasteiger partial charge is 0.462 e. The van der Waals surface area contributed by atoms with Crippen molar-refractivity contribution in [3.63, 3.8) is 0 Å². The molecule has 0 heterocycles. The minimum atomic E-state index is -0.817. The van der Waals surface area contributed by atoms with Crippen molar-refractivity contribution in [2.45, 2.75) is 206 Å². The normalized spacial score (nSPS) is 11.2. The Bertz CT molecular complexity index is 855. The van der Waals surface area contributed by atoms with E-state index >= 15 is 0 Å². The maximum Gasteiger partial charge on any atom is 0.310 e. The van der Waals surface area contributed by atoms with Crippen LogP contribution in [0.3, 0.4) is 0 Å². The number of hydrogen-bond donors (Lipinski definition) is 0. The monoisotopic (exact) mass is 687 g/mol. The summed E-state index contributed by atoms with van der Waals surface area (Å²) in [4.78, 5) is 37.5. The highest BCUT2D eigenvalue weighted by Gasteiger charge is 2.20. The highest BCUT2D eigenvalue weighted by atomic mass is 16.6. The number of carbonyl (C=O) groups excluding carboxylic acids is 3. The fourth-order valence-electron chi connectivity index (χ4n) is 6.20. The molecule has 0 amide bonds. The molecule has 0 aromatic heterocycles. The lowest BCUT2D eigenvalue weighted by Gasteiger charge is -2.18. The molecule has 0 N–H and O–H groups in total. The van der Waals surface area contributed by atoms with Crippen LogP contribution >= 0.6 is 0 Å². The number of ether oxygens (including phenoxy) is 3. The van der Waals surface area contributed by atoms with E-state index in [0.29, 0.717) is 12.8 Å². The maximum atomic E-state index is 12.6. The Labute approximate surface area is 301 Å². The van der Waals surface area contributed by atoms with Crippen LogP contribution in [0.25, 0.3) is 0 Å². The number of carbonyl (C=O) groups is 3. The summed E-state index contributed by atoms with van der Waals surface area (Å²) in [5, 5.41) is 0. The van der Waals surface area contributed by atoms with Crippen LogP contribution in [-0.4, -0.2) is 37.2 Å². The molecule has 0 fully saturated rings. The molecule has 0 bridgehead atoms. The molecule has 6 nitrogen and oxygen atoms in total. The first-order valence-corrected chi connectivity index (χ1v) is 20.6. The molecule has 0 aliphatic carbocycles. The van der Waals surface area contributed by atoms with Crippen molar-refractivity contribution in [3.8, 4) is 0 Å². The summed E-state index contributed by atoms with van der Waals surface area (Å²) in [7, 11) is 0. The highest BCUT2D eigenvalue weighted by molar-refractivity contribution is 5.73. The molecular formula is C43H74O6. The van der Waals surface area contributed by atoms with E-state index in [4.69, 9.17) is 14.2 Å². The van der Waals surface area contributed by atoms with Gasteiger partial charge < -0.3 is 14.2 Å². The summed E-state index contributed by atoms with van der Waals surface area (Å²) in [5.74, 6) is -1.03. The molecule has 282 valence electrons. The summed E-state index contributed by atoms with van der Waals surface area (Å²) < 4.78 is 16.5. The zero-order valence-electron chi connectivity index (χ0n) is 31.8. The molecule has 0 atom stereocenters. The summed E-state index contributed by atoms with van der Waals surface area (Å²) in [5.41, 5.74) is 0.838. The third-order valence-corrected chi connectivity index (χ3v) is 9.32. The van der Waals surface area contributed by atoms with E-state index in [1.165, 1.54) is 128 Å². The van der Waals surface area contributed by atoms with Gasteiger partial charge in [0, 0.05) is 12.8 Å².